The molecule has 8 nitrogen and oxygen atoms in total. The molecule has 0 spiro atoms. The average Bonchev–Trinajstić information content (AvgIpc) is 2.85. The first-order chi connectivity index (χ1) is 11.1. The molecule has 1 atom stereocenters. The van der Waals surface area contributed by atoms with E-state index in [1.165, 1.54) is 4.31 Å². The van der Waals surface area contributed by atoms with E-state index in [0.29, 0.717) is 31.1 Å². The Morgan fingerprint density at radius 3 is 2.24 bits per heavy atom. The average molecular weight is 395 g/mol. The number of carbonyl (C=O) groups is 1. The van der Waals surface area contributed by atoms with Crippen LogP contribution in [0.25, 0.3) is 0 Å². The fraction of sp³-hybridized carbons (Fsp3) is 0.733. The van der Waals surface area contributed by atoms with Crippen molar-refractivity contribution >= 4 is 28.3 Å². The van der Waals surface area contributed by atoms with Crippen molar-refractivity contribution < 1.29 is 17.7 Å². The molecule has 1 amide bonds. The minimum atomic E-state index is -3.66. The third-order valence-electron chi connectivity index (χ3n) is 4.16. The summed E-state index contributed by atoms with van der Waals surface area (Å²) in [4.78, 5) is 14.1. The first-order valence-electron chi connectivity index (χ1n) is 8.12. The monoisotopic (exact) mass is 394 g/mol. The Morgan fingerprint density at radius 2 is 1.80 bits per heavy atom. The lowest BCUT2D eigenvalue weighted by molar-refractivity contribution is -0.134. The second-order valence-electron chi connectivity index (χ2n) is 6.62. The number of hydrogen-bond donors (Lipinski definition) is 1. The number of halogens is 1. The standard InChI is InChI=1S/C15H26N4O4S.ClH/c1-10(2)9-13(16)15(20)18-5-7-19(8-6-18)24(21,22)14-11(3)17-23-12(14)4;/h10,13H,5-9,16H2,1-4H3;1H/t13-;/m0./s1. The minimum absolute atomic E-state index is 0. The van der Waals surface area contributed by atoms with Gasteiger partial charge in [0.1, 0.15) is 10.6 Å². The summed E-state index contributed by atoms with van der Waals surface area (Å²) >= 11 is 0. The van der Waals surface area contributed by atoms with E-state index in [-0.39, 0.29) is 42.1 Å². The zero-order valence-electron chi connectivity index (χ0n) is 15.1. The van der Waals surface area contributed by atoms with Crippen LogP contribution in [-0.4, -0.2) is 60.9 Å². The highest BCUT2D eigenvalue weighted by Crippen LogP contribution is 2.24. The lowest BCUT2D eigenvalue weighted by atomic mass is 10.0. The van der Waals surface area contributed by atoms with Crippen molar-refractivity contribution in [2.24, 2.45) is 11.7 Å². The third-order valence-corrected chi connectivity index (χ3v) is 6.30. The van der Waals surface area contributed by atoms with Gasteiger partial charge in [0.15, 0.2) is 5.76 Å². The molecule has 2 rings (SSSR count). The Hall–Kier alpha value is -1.16. The number of amides is 1. The number of nitrogens with two attached hydrogens (primary N) is 1. The van der Waals surface area contributed by atoms with Gasteiger partial charge in [-0.05, 0) is 26.2 Å². The van der Waals surface area contributed by atoms with E-state index in [4.69, 9.17) is 10.3 Å². The quantitative estimate of drug-likeness (QED) is 0.795. The van der Waals surface area contributed by atoms with E-state index in [9.17, 15) is 13.2 Å². The van der Waals surface area contributed by atoms with Crippen LogP contribution >= 0.6 is 12.4 Å². The van der Waals surface area contributed by atoms with Gasteiger partial charge in [-0.3, -0.25) is 4.79 Å². The van der Waals surface area contributed by atoms with E-state index in [1.54, 1.807) is 18.7 Å². The summed E-state index contributed by atoms with van der Waals surface area (Å²) in [5, 5.41) is 3.71. The topological polar surface area (TPSA) is 110 Å². The number of hydrogen-bond acceptors (Lipinski definition) is 6. The Labute approximate surface area is 155 Å². The van der Waals surface area contributed by atoms with E-state index in [1.807, 2.05) is 13.8 Å². The highest BCUT2D eigenvalue weighted by molar-refractivity contribution is 7.89. The second-order valence-corrected chi connectivity index (χ2v) is 8.49. The smallest absolute Gasteiger partial charge is 0.248 e. The van der Waals surface area contributed by atoms with Gasteiger partial charge in [0, 0.05) is 26.2 Å². The fourth-order valence-corrected chi connectivity index (χ4v) is 4.68. The number of rotatable bonds is 5. The van der Waals surface area contributed by atoms with E-state index < -0.39 is 16.1 Å². The first-order valence-corrected chi connectivity index (χ1v) is 9.56. The van der Waals surface area contributed by atoms with Crippen LogP contribution in [0.15, 0.2) is 9.42 Å². The Bertz CT molecular complexity index is 677. The highest BCUT2D eigenvalue weighted by Gasteiger charge is 2.35. The van der Waals surface area contributed by atoms with Crippen LogP contribution in [0, 0.1) is 19.8 Å². The number of piperazine rings is 1. The number of nitrogens with zero attached hydrogens (tertiary/aromatic N) is 3. The summed E-state index contributed by atoms with van der Waals surface area (Å²) < 4.78 is 31.8. The number of aromatic nitrogens is 1. The molecule has 1 aliphatic heterocycles. The lowest BCUT2D eigenvalue weighted by Crippen LogP contribution is -2.54. The maximum atomic E-state index is 12.7. The molecule has 1 aliphatic rings. The molecule has 1 aromatic rings. The zero-order valence-corrected chi connectivity index (χ0v) is 16.7. The predicted octanol–water partition coefficient (Wildman–Crippen LogP) is 0.920. The summed E-state index contributed by atoms with van der Waals surface area (Å²) in [5.41, 5.74) is 6.29. The first kappa shape index (κ1) is 21.9. The molecule has 0 saturated carbocycles. The second kappa shape index (κ2) is 8.48. The summed E-state index contributed by atoms with van der Waals surface area (Å²) in [5.74, 6) is 0.508. The van der Waals surface area contributed by atoms with Gasteiger partial charge in [-0.2, -0.15) is 4.31 Å². The molecular weight excluding hydrogens is 368 g/mol. The van der Waals surface area contributed by atoms with Crippen molar-refractivity contribution in [2.75, 3.05) is 26.2 Å². The van der Waals surface area contributed by atoms with Crippen LogP contribution in [0.1, 0.15) is 31.7 Å². The van der Waals surface area contributed by atoms with Crippen LogP contribution in [0.3, 0.4) is 0 Å². The summed E-state index contributed by atoms with van der Waals surface area (Å²) in [6.45, 7) is 8.38. The van der Waals surface area contributed by atoms with Crippen LogP contribution in [-0.2, 0) is 14.8 Å². The van der Waals surface area contributed by atoms with Crippen molar-refractivity contribution in [3.63, 3.8) is 0 Å². The molecule has 0 bridgehead atoms. The van der Waals surface area contributed by atoms with Crippen molar-refractivity contribution in [3.8, 4) is 0 Å². The lowest BCUT2D eigenvalue weighted by Gasteiger charge is -2.35. The Morgan fingerprint density at radius 1 is 1.24 bits per heavy atom. The molecule has 10 heteroatoms. The molecule has 2 N–H and O–H groups in total. The van der Waals surface area contributed by atoms with Gasteiger partial charge >= 0.3 is 0 Å². The largest absolute Gasteiger partial charge is 0.360 e. The van der Waals surface area contributed by atoms with Gasteiger partial charge in [-0.1, -0.05) is 19.0 Å². The van der Waals surface area contributed by atoms with E-state index >= 15 is 0 Å². The van der Waals surface area contributed by atoms with E-state index in [2.05, 4.69) is 5.16 Å². The highest BCUT2D eigenvalue weighted by atomic mass is 35.5. The molecule has 0 aromatic carbocycles. The summed E-state index contributed by atoms with van der Waals surface area (Å²) in [6.07, 6.45) is 0.621. The van der Waals surface area contributed by atoms with Gasteiger partial charge in [-0.15, -0.1) is 12.4 Å². The Kier molecular flexibility index (Phi) is 7.42. The van der Waals surface area contributed by atoms with Crippen molar-refractivity contribution in [1.29, 1.82) is 0 Å². The molecular formula is C15H27ClN4O4S. The summed E-state index contributed by atoms with van der Waals surface area (Å²) in [7, 11) is -3.66. The van der Waals surface area contributed by atoms with Gasteiger partial charge in [-0.25, -0.2) is 8.42 Å². The fourth-order valence-electron chi connectivity index (χ4n) is 2.96. The molecule has 25 heavy (non-hydrogen) atoms. The van der Waals surface area contributed by atoms with Crippen LogP contribution < -0.4 is 5.73 Å². The van der Waals surface area contributed by atoms with Crippen LogP contribution in [0.4, 0.5) is 0 Å². The van der Waals surface area contributed by atoms with Crippen molar-refractivity contribution in [3.05, 3.63) is 11.5 Å². The molecule has 2 heterocycles. The minimum Gasteiger partial charge on any atom is -0.360 e. The number of sulfonamides is 1. The van der Waals surface area contributed by atoms with Gasteiger partial charge in [0.05, 0.1) is 6.04 Å². The Balaban J connectivity index is 0.00000312. The maximum Gasteiger partial charge on any atom is 0.248 e. The van der Waals surface area contributed by atoms with E-state index in [0.717, 1.165) is 0 Å². The number of aryl methyl sites for hydroxylation is 2. The van der Waals surface area contributed by atoms with Crippen LogP contribution in [0.2, 0.25) is 0 Å². The normalized spacial score (nSPS) is 17.4. The maximum absolute atomic E-state index is 12.7. The molecule has 0 aliphatic carbocycles. The summed E-state index contributed by atoms with van der Waals surface area (Å²) in [6, 6.07) is -0.532. The van der Waals surface area contributed by atoms with Gasteiger partial charge in [0.2, 0.25) is 15.9 Å². The van der Waals surface area contributed by atoms with Gasteiger partial charge in [0.25, 0.3) is 0 Å². The SMILES string of the molecule is Cc1noc(C)c1S(=O)(=O)N1CCN(C(=O)[C@@H](N)CC(C)C)CC1.Cl. The molecule has 1 aromatic heterocycles. The van der Waals surface area contributed by atoms with Crippen molar-refractivity contribution in [1.82, 2.24) is 14.4 Å². The van der Waals surface area contributed by atoms with Gasteiger partial charge < -0.3 is 15.2 Å². The molecule has 1 fully saturated rings. The zero-order chi connectivity index (χ0) is 18.1. The molecule has 0 radical (unpaired) electrons. The predicted molar refractivity (Wildman–Crippen MR) is 96.0 cm³/mol. The van der Waals surface area contributed by atoms with Crippen molar-refractivity contribution in [2.45, 2.75) is 45.1 Å². The third kappa shape index (κ3) is 4.72. The number of carbonyl (C=O) groups excluding carboxylic acids is 1. The molecule has 1 saturated heterocycles. The molecule has 144 valence electrons. The molecule has 0 unspecified atom stereocenters. The van der Waals surface area contributed by atoms with Crippen LogP contribution in [0.5, 0.6) is 0 Å².